The van der Waals surface area contributed by atoms with E-state index in [1.165, 1.54) is 0 Å². The molecule has 0 saturated carbocycles. The van der Waals surface area contributed by atoms with Crippen LogP contribution in [0, 0.1) is 11.8 Å². The van der Waals surface area contributed by atoms with Crippen LogP contribution < -0.4 is 0 Å². The number of ether oxygens (including phenoxy) is 1. The van der Waals surface area contributed by atoms with Gasteiger partial charge in [-0.15, -0.1) is 0 Å². The summed E-state index contributed by atoms with van der Waals surface area (Å²) in [7, 11) is 0. The van der Waals surface area contributed by atoms with Gasteiger partial charge in [0.25, 0.3) is 0 Å². The lowest BCUT2D eigenvalue weighted by Crippen LogP contribution is -2.18. The molecule has 0 spiro atoms. The molecule has 0 aromatic carbocycles. The largest absolute Gasteiger partial charge is 0.389 e. The molecule has 12 heavy (non-hydrogen) atoms. The average Bonchev–Trinajstić information content (AvgIpc) is 2.29. The molecule has 1 aliphatic heterocycles. The van der Waals surface area contributed by atoms with Gasteiger partial charge in [-0.1, -0.05) is 25.2 Å². The van der Waals surface area contributed by atoms with E-state index >= 15 is 0 Å². The number of cyclic esters (lactones) is 2. The summed E-state index contributed by atoms with van der Waals surface area (Å²) in [6.07, 6.45) is 5.34. The summed E-state index contributed by atoms with van der Waals surface area (Å²) in [6, 6.07) is 0. The number of rotatable bonds is 0. The van der Waals surface area contributed by atoms with E-state index in [9.17, 15) is 9.59 Å². The van der Waals surface area contributed by atoms with Crippen molar-refractivity contribution in [3.05, 3.63) is 23.8 Å². The Hall–Kier alpha value is -1.38. The SMILES string of the molecule is CC1C=CC=C2C(=O)OC(=O)C21. The molecule has 62 valence electrons. The Balaban J connectivity index is 2.44. The van der Waals surface area contributed by atoms with Gasteiger partial charge in [0.05, 0.1) is 11.5 Å². The number of hydrogen-bond acceptors (Lipinski definition) is 3. The third kappa shape index (κ3) is 0.826. The van der Waals surface area contributed by atoms with Gasteiger partial charge in [-0.25, -0.2) is 4.79 Å². The second kappa shape index (κ2) is 2.30. The van der Waals surface area contributed by atoms with Crippen LogP contribution in [0.1, 0.15) is 6.92 Å². The lowest BCUT2D eigenvalue weighted by Gasteiger charge is -2.14. The van der Waals surface area contributed by atoms with Crippen molar-refractivity contribution in [2.24, 2.45) is 11.8 Å². The van der Waals surface area contributed by atoms with E-state index < -0.39 is 11.9 Å². The lowest BCUT2D eigenvalue weighted by molar-refractivity contribution is -0.152. The van der Waals surface area contributed by atoms with E-state index in [0.29, 0.717) is 5.57 Å². The predicted octanol–water partition coefficient (Wildman–Crippen LogP) is 0.818. The number of fused-ring (bicyclic) bond motifs is 1. The first kappa shape index (κ1) is 7.28. The zero-order chi connectivity index (χ0) is 8.72. The van der Waals surface area contributed by atoms with Crippen LogP contribution in [0.25, 0.3) is 0 Å². The maximum Gasteiger partial charge on any atom is 0.342 e. The standard InChI is InChI=1S/C9H8O3/c1-5-3-2-4-6-7(5)9(11)12-8(6)10/h2-5,7H,1H3. The van der Waals surface area contributed by atoms with Gasteiger partial charge in [-0.05, 0) is 5.92 Å². The number of carbonyl (C=O) groups excluding carboxylic acids is 2. The lowest BCUT2D eigenvalue weighted by atomic mass is 9.85. The van der Waals surface area contributed by atoms with Crippen LogP contribution in [0.4, 0.5) is 0 Å². The molecule has 1 saturated heterocycles. The zero-order valence-corrected chi connectivity index (χ0v) is 6.61. The summed E-state index contributed by atoms with van der Waals surface area (Å²) in [5.41, 5.74) is 0.495. The Bertz CT molecular complexity index is 312. The molecule has 0 amide bonds. The third-order valence-electron chi connectivity index (χ3n) is 2.23. The summed E-state index contributed by atoms with van der Waals surface area (Å²) in [5.74, 6) is -1.18. The van der Waals surface area contributed by atoms with Gasteiger partial charge in [0.15, 0.2) is 0 Å². The van der Waals surface area contributed by atoms with Crippen LogP contribution in [0.15, 0.2) is 23.8 Å². The molecule has 3 nitrogen and oxygen atoms in total. The molecule has 0 bridgehead atoms. The van der Waals surface area contributed by atoms with Gasteiger partial charge in [0.2, 0.25) is 0 Å². The zero-order valence-electron chi connectivity index (χ0n) is 6.61. The van der Waals surface area contributed by atoms with E-state index in [1.807, 2.05) is 13.0 Å². The van der Waals surface area contributed by atoms with Crippen LogP contribution in [0.2, 0.25) is 0 Å². The highest BCUT2D eigenvalue weighted by atomic mass is 16.6. The fraction of sp³-hybridized carbons (Fsp3) is 0.333. The summed E-state index contributed by atoms with van der Waals surface area (Å²) in [5, 5.41) is 0. The van der Waals surface area contributed by atoms with Crippen molar-refractivity contribution in [3.8, 4) is 0 Å². The third-order valence-corrected chi connectivity index (χ3v) is 2.23. The smallest absolute Gasteiger partial charge is 0.342 e. The fourth-order valence-corrected chi connectivity index (χ4v) is 1.58. The summed E-state index contributed by atoms with van der Waals surface area (Å²) in [4.78, 5) is 22.1. The van der Waals surface area contributed by atoms with Crippen molar-refractivity contribution in [1.29, 1.82) is 0 Å². The second-order valence-corrected chi connectivity index (χ2v) is 3.05. The van der Waals surface area contributed by atoms with Gasteiger partial charge in [0, 0.05) is 0 Å². The highest BCUT2D eigenvalue weighted by Crippen LogP contribution is 2.32. The molecule has 2 aliphatic rings. The average molecular weight is 164 g/mol. The first-order valence-corrected chi connectivity index (χ1v) is 3.84. The van der Waals surface area contributed by atoms with Crippen LogP contribution in [0.3, 0.4) is 0 Å². The molecule has 1 fully saturated rings. The van der Waals surface area contributed by atoms with Crippen molar-refractivity contribution >= 4 is 11.9 Å². The molecule has 2 rings (SSSR count). The van der Waals surface area contributed by atoms with E-state index in [2.05, 4.69) is 4.74 Å². The normalized spacial score (nSPS) is 32.9. The van der Waals surface area contributed by atoms with Gasteiger partial charge in [0.1, 0.15) is 0 Å². The number of carbonyl (C=O) groups is 2. The Morgan fingerprint density at radius 2 is 2.17 bits per heavy atom. The minimum absolute atomic E-state index is 0.0731. The molecule has 2 atom stereocenters. The molecule has 0 radical (unpaired) electrons. The molecule has 0 aromatic heterocycles. The number of esters is 2. The molecular weight excluding hydrogens is 156 g/mol. The maximum absolute atomic E-state index is 11.1. The van der Waals surface area contributed by atoms with E-state index in [4.69, 9.17) is 0 Å². The van der Waals surface area contributed by atoms with Crippen molar-refractivity contribution in [2.75, 3.05) is 0 Å². The van der Waals surface area contributed by atoms with Crippen LogP contribution in [-0.2, 0) is 14.3 Å². The van der Waals surface area contributed by atoms with Crippen LogP contribution in [0.5, 0.6) is 0 Å². The summed E-state index contributed by atoms with van der Waals surface area (Å²) < 4.78 is 4.49. The molecule has 1 heterocycles. The summed E-state index contributed by atoms with van der Waals surface area (Å²) in [6.45, 7) is 1.90. The molecule has 0 N–H and O–H groups in total. The highest BCUT2D eigenvalue weighted by Gasteiger charge is 2.42. The van der Waals surface area contributed by atoms with Gasteiger partial charge in [-0.2, -0.15) is 0 Å². The monoisotopic (exact) mass is 164 g/mol. The topological polar surface area (TPSA) is 43.4 Å². The quantitative estimate of drug-likeness (QED) is 0.393. The summed E-state index contributed by atoms with van der Waals surface area (Å²) >= 11 is 0. The Morgan fingerprint density at radius 3 is 2.83 bits per heavy atom. The highest BCUT2D eigenvalue weighted by molar-refractivity contribution is 6.08. The fourth-order valence-electron chi connectivity index (χ4n) is 1.58. The molecular formula is C9H8O3. The maximum atomic E-state index is 11.1. The first-order valence-electron chi connectivity index (χ1n) is 3.84. The minimum Gasteiger partial charge on any atom is -0.389 e. The van der Waals surface area contributed by atoms with E-state index in [0.717, 1.165) is 0 Å². The molecule has 2 unspecified atom stereocenters. The predicted molar refractivity (Wildman–Crippen MR) is 41.0 cm³/mol. The van der Waals surface area contributed by atoms with Crippen LogP contribution in [-0.4, -0.2) is 11.9 Å². The number of allylic oxidation sites excluding steroid dienone is 3. The second-order valence-electron chi connectivity index (χ2n) is 3.05. The first-order chi connectivity index (χ1) is 5.70. The number of hydrogen-bond donors (Lipinski definition) is 0. The van der Waals surface area contributed by atoms with Gasteiger partial charge >= 0.3 is 11.9 Å². The van der Waals surface area contributed by atoms with Crippen molar-refractivity contribution < 1.29 is 14.3 Å². The van der Waals surface area contributed by atoms with Crippen molar-refractivity contribution in [1.82, 2.24) is 0 Å². The Morgan fingerprint density at radius 1 is 1.42 bits per heavy atom. The van der Waals surface area contributed by atoms with Gasteiger partial charge in [-0.3, -0.25) is 4.79 Å². The van der Waals surface area contributed by atoms with E-state index in [1.54, 1.807) is 12.2 Å². The molecule has 3 heteroatoms. The van der Waals surface area contributed by atoms with Gasteiger partial charge < -0.3 is 4.74 Å². The Labute approximate surface area is 69.7 Å². The van der Waals surface area contributed by atoms with Crippen molar-refractivity contribution in [2.45, 2.75) is 6.92 Å². The van der Waals surface area contributed by atoms with E-state index in [-0.39, 0.29) is 11.8 Å². The molecule has 1 aliphatic carbocycles. The van der Waals surface area contributed by atoms with Crippen LogP contribution >= 0.6 is 0 Å². The Kier molecular flexibility index (Phi) is 1.40. The molecule has 0 aromatic rings. The minimum atomic E-state index is -0.485. The van der Waals surface area contributed by atoms with Crippen molar-refractivity contribution in [3.63, 3.8) is 0 Å².